The molecule has 0 aromatic carbocycles. The van der Waals surface area contributed by atoms with Crippen LogP contribution in [0.2, 0.25) is 0 Å². The first kappa shape index (κ1) is 11.1. The third kappa shape index (κ3) is 3.42. The van der Waals surface area contributed by atoms with E-state index in [4.69, 9.17) is 0 Å². The van der Waals surface area contributed by atoms with Crippen LogP contribution in [0.3, 0.4) is 0 Å². The molecule has 1 N–H and O–H groups in total. The summed E-state index contributed by atoms with van der Waals surface area (Å²) in [6.45, 7) is 9.29. The van der Waals surface area contributed by atoms with Gasteiger partial charge in [-0.2, -0.15) is 0 Å². The van der Waals surface area contributed by atoms with Gasteiger partial charge in [0.25, 0.3) is 0 Å². The molecule has 1 aromatic rings. The largest absolute Gasteiger partial charge is 0.309 e. The average molecular weight is 193 g/mol. The van der Waals surface area contributed by atoms with Crippen molar-refractivity contribution in [2.24, 2.45) is 0 Å². The second-order valence-electron chi connectivity index (χ2n) is 4.10. The summed E-state index contributed by atoms with van der Waals surface area (Å²) in [5, 5.41) is 3.34. The second-order valence-corrected chi connectivity index (χ2v) is 4.10. The van der Waals surface area contributed by atoms with Crippen LogP contribution >= 0.6 is 0 Å². The predicted molar refractivity (Wildman–Crippen MR) is 58.1 cm³/mol. The van der Waals surface area contributed by atoms with Crippen molar-refractivity contribution < 1.29 is 0 Å². The summed E-state index contributed by atoms with van der Waals surface area (Å²) >= 11 is 0. The molecule has 0 aliphatic rings. The quantitative estimate of drug-likeness (QED) is 0.795. The molecule has 0 bridgehead atoms. The van der Waals surface area contributed by atoms with E-state index in [1.54, 1.807) is 0 Å². The van der Waals surface area contributed by atoms with Crippen molar-refractivity contribution in [3.63, 3.8) is 0 Å². The SMILES string of the molecule is CC(C)NCc1ccnc(C(C)C)n1. The van der Waals surface area contributed by atoms with E-state index in [1.165, 1.54) is 0 Å². The zero-order valence-corrected chi connectivity index (χ0v) is 9.41. The molecule has 14 heavy (non-hydrogen) atoms. The summed E-state index contributed by atoms with van der Waals surface area (Å²) in [6, 6.07) is 2.45. The lowest BCUT2D eigenvalue weighted by molar-refractivity contribution is 0.577. The number of hydrogen-bond acceptors (Lipinski definition) is 3. The van der Waals surface area contributed by atoms with Gasteiger partial charge in [-0.05, 0) is 6.07 Å². The molecule has 3 nitrogen and oxygen atoms in total. The third-order valence-electron chi connectivity index (χ3n) is 1.94. The highest BCUT2D eigenvalue weighted by atomic mass is 14.9. The Morgan fingerprint density at radius 3 is 2.57 bits per heavy atom. The van der Waals surface area contributed by atoms with Crippen LogP contribution in [0.15, 0.2) is 12.3 Å². The summed E-state index contributed by atoms with van der Waals surface area (Å²) in [7, 11) is 0. The molecule has 1 aromatic heterocycles. The Kier molecular flexibility index (Phi) is 4.01. The Morgan fingerprint density at radius 2 is 2.00 bits per heavy atom. The molecule has 78 valence electrons. The molecule has 1 rings (SSSR count). The minimum atomic E-state index is 0.397. The highest BCUT2D eigenvalue weighted by molar-refractivity contribution is 5.04. The summed E-state index contributed by atoms with van der Waals surface area (Å²) in [5.74, 6) is 1.32. The van der Waals surface area contributed by atoms with Gasteiger partial charge in [0.05, 0.1) is 5.69 Å². The van der Waals surface area contributed by atoms with Crippen LogP contribution in [0, 0.1) is 0 Å². The molecule has 0 aliphatic carbocycles. The van der Waals surface area contributed by atoms with E-state index in [2.05, 4.69) is 43.0 Å². The molecule has 0 fully saturated rings. The number of rotatable bonds is 4. The van der Waals surface area contributed by atoms with Gasteiger partial charge in [-0.1, -0.05) is 27.7 Å². The van der Waals surface area contributed by atoms with Crippen molar-refractivity contribution in [3.8, 4) is 0 Å². The van der Waals surface area contributed by atoms with E-state index in [1.807, 2.05) is 12.3 Å². The molecule has 0 radical (unpaired) electrons. The lowest BCUT2D eigenvalue weighted by Gasteiger charge is -2.09. The topological polar surface area (TPSA) is 37.8 Å². The van der Waals surface area contributed by atoms with Crippen molar-refractivity contribution in [1.82, 2.24) is 15.3 Å². The van der Waals surface area contributed by atoms with Crippen LogP contribution in [0.1, 0.15) is 45.1 Å². The van der Waals surface area contributed by atoms with Gasteiger partial charge in [0.15, 0.2) is 0 Å². The van der Waals surface area contributed by atoms with Gasteiger partial charge in [0.2, 0.25) is 0 Å². The van der Waals surface area contributed by atoms with Gasteiger partial charge in [0, 0.05) is 24.7 Å². The number of nitrogens with zero attached hydrogens (tertiary/aromatic N) is 2. The Bertz CT molecular complexity index is 282. The average Bonchev–Trinajstić information content (AvgIpc) is 2.15. The van der Waals surface area contributed by atoms with Crippen LogP contribution < -0.4 is 5.32 Å². The van der Waals surface area contributed by atoms with Gasteiger partial charge in [-0.15, -0.1) is 0 Å². The predicted octanol–water partition coefficient (Wildman–Crippen LogP) is 2.10. The molecule has 1 heterocycles. The lowest BCUT2D eigenvalue weighted by Crippen LogP contribution is -2.22. The zero-order valence-electron chi connectivity index (χ0n) is 9.41. The molecule has 0 saturated carbocycles. The van der Waals surface area contributed by atoms with E-state index >= 15 is 0 Å². The molecule has 0 amide bonds. The van der Waals surface area contributed by atoms with Crippen molar-refractivity contribution >= 4 is 0 Å². The molecule has 0 atom stereocenters. The first-order chi connectivity index (χ1) is 6.59. The summed E-state index contributed by atoms with van der Waals surface area (Å²) in [6.07, 6.45) is 1.83. The maximum atomic E-state index is 4.47. The minimum Gasteiger partial charge on any atom is -0.309 e. The van der Waals surface area contributed by atoms with E-state index in [0.29, 0.717) is 12.0 Å². The normalized spacial score (nSPS) is 11.3. The molecule has 0 spiro atoms. The Hall–Kier alpha value is -0.960. The maximum absolute atomic E-state index is 4.47. The lowest BCUT2D eigenvalue weighted by atomic mass is 10.2. The first-order valence-corrected chi connectivity index (χ1v) is 5.14. The zero-order chi connectivity index (χ0) is 10.6. The van der Waals surface area contributed by atoms with E-state index in [0.717, 1.165) is 18.1 Å². The molecular formula is C11H19N3. The number of aromatic nitrogens is 2. The van der Waals surface area contributed by atoms with Crippen LogP contribution in [0.5, 0.6) is 0 Å². The summed E-state index contributed by atoms with van der Waals surface area (Å²) in [4.78, 5) is 8.70. The van der Waals surface area contributed by atoms with Crippen LogP contribution in [0.4, 0.5) is 0 Å². The van der Waals surface area contributed by atoms with E-state index < -0.39 is 0 Å². The van der Waals surface area contributed by atoms with Crippen molar-refractivity contribution in [2.45, 2.75) is 46.2 Å². The fraction of sp³-hybridized carbons (Fsp3) is 0.636. The van der Waals surface area contributed by atoms with Crippen LogP contribution in [-0.4, -0.2) is 16.0 Å². The van der Waals surface area contributed by atoms with Crippen molar-refractivity contribution in [2.75, 3.05) is 0 Å². The Labute approximate surface area is 86.0 Å². The first-order valence-electron chi connectivity index (χ1n) is 5.14. The molecule has 0 unspecified atom stereocenters. The van der Waals surface area contributed by atoms with Crippen LogP contribution in [-0.2, 0) is 6.54 Å². The minimum absolute atomic E-state index is 0.397. The van der Waals surface area contributed by atoms with Crippen LogP contribution in [0.25, 0.3) is 0 Å². The molecule has 3 heteroatoms. The fourth-order valence-corrected chi connectivity index (χ4v) is 1.10. The number of nitrogens with one attached hydrogen (secondary N) is 1. The van der Waals surface area contributed by atoms with Gasteiger partial charge >= 0.3 is 0 Å². The monoisotopic (exact) mass is 193 g/mol. The maximum Gasteiger partial charge on any atom is 0.131 e. The summed E-state index contributed by atoms with van der Waals surface area (Å²) in [5.41, 5.74) is 1.07. The van der Waals surface area contributed by atoms with Gasteiger partial charge in [-0.25, -0.2) is 9.97 Å². The number of hydrogen-bond donors (Lipinski definition) is 1. The summed E-state index contributed by atoms with van der Waals surface area (Å²) < 4.78 is 0. The third-order valence-corrected chi connectivity index (χ3v) is 1.94. The highest BCUT2D eigenvalue weighted by Gasteiger charge is 2.03. The van der Waals surface area contributed by atoms with Crippen molar-refractivity contribution in [3.05, 3.63) is 23.8 Å². The van der Waals surface area contributed by atoms with Gasteiger partial charge < -0.3 is 5.32 Å². The molecular weight excluding hydrogens is 174 g/mol. The van der Waals surface area contributed by atoms with Crippen molar-refractivity contribution in [1.29, 1.82) is 0 Å². The Morgan fingerprint density at radius 1 is 1.29 bits per heavy atom. The van der Waals surface area contributed by atoms with E-state index in [-0.39, 0.29) is 0 Å². The standard InChI is InChI=1S/C11H19N3/c1-8(2)11-12-6-5-10(14-11)7-13-9(3)4/h5-6,8-9,13H,7H2,1-4H3. The molecule has 0 saturated heterocycles. The van der Waals surface area contributed by atoms with E-state index in [9.17, 15) is 0 Å². The molecule has 0 aliphatic heterocycles. The highest BCUT2D eigenvalue weighted by Crippen LogP contribution is 2.07. The smallest absolute Gasteiger partial charge is 0.131 e. The fourth-order valence-electron chi connectivity index (χ4n) is 1.10. The van der Waals surface area contributed by atoms with Gasteiger partial charge in [-0.3, -0.25) is 0 Å². The van der Waals surface area contributed by atoms with Gasteiger partial charge in [0.1, 0.15) is 5.82 Å². The Balaban J connectivity index is 2.64. The second kappa shape index (κ2) is 5.05.